The molecule has 1 unspecified atom stereocenters. The Morgan fingerprint density at radius 1 is 1.57 bits per heavy atom. The lowest BCUT2D eigenvalue weighted by molar-refractivity contribution is 0.780. The van der Waals surface area contributed by atoms with Crippen molar-refractivity contribution in [2.75, 3.05) is 0 Å². The molecule has 1 aromatic heterocycles. The van der Waals surface area contributed by atoms with Crippen molar-refractivity contribution in [3.05, 3.63) is 36.2 Å². The molecular formula is C12H22N2. The quantitative estimate of drug-likeness (QED) is 0.783. The molecule has 2 heteroatoms. The Morgan fingerprint density at radius 2 is 2.14 bits per heavy atom. The number of hydrogen-bond donors (Lipinski definition) is 1. The minimum Gasteiger partial charge on any atom is -0.323 e. The van der Waals surface area contributed by atoms with Crippen LogP contribution in [0.3, 0.4) is 0 Å². The maximum Gasteiger partial charge on any atom is 0.0574 e. The molecule has 2 N–H and O–H groups in total. The van der Waals surface area contributed by atoms with E-state index in [2.05, 4.69) is 11.6 Å². The van der Waals surface area contributed by atoms with Crippen molar-refractivity contribution in [2.45, 2.75) is 33.7 Å². The van der Waals surface area contributed by atoms with Crippen molar-refractivity contribution in [2.24, 2.45) is 5.73 Å². The van der Waals surface area contributed by atoms with Gasteiger partial charge in [0.2, 0.25) is 0 Å². The normalized spacial score (nSPS) is 11.2. The van der Waals surface area contributed by atoms with Crippen molar-refractivity contribution in [3.8, 4) is 0 Å². The van der Waals surface area contributed by atoms with Crippen LogP contribution < -0.4 is 5.73 Å². The number of pyridine rings is 1. The van der Waals surface area contributed by atoms with Gasteiger partial charge in [0.15, 0.2) is 0 Å². The van der Waals surface area contributed by atoms with Gasteiger partial charge in [0.05, 0.1) is 5.69 Å². The average Bonchev–Trinajstić information content (AvgIpc) is 2.21. The lowest BCUT2D eigenvalue weighted by atomic mass is 10.1. The van der Waals surface area contributed by atoms with Gasteiger partial charge in [-0.3, -0.25) is 4.98 Å². The zero-order valence-electron chi connectivity index (χ0n) is 9.54. The van der Waals surface area contributed by atoms with E-state index in [1.165, 1.54) is 0 Å². The first-order valence-electron chi connectivity index (χ1n) is 4.98. The van der Waals surface area contributed by atoms with Gasteiger partial charge in [-0.2, -0.15) is 0 Å². The number of rotatable bonds is 2. The van der Waals surface area contributed by atoms with Crippen LogP contribution in [0, 0.1) is 0 Å². The third kappa shape index (κ3) is 3.71. The smallest absolute Gasteiger partial charge is 0.0574 e. The highest BCUT2D eigenvalue weighted by Gasteiger charge is 2.01. The molecule has 1 heterocycles. The topological polar surface area (TPSA) is 38.9 Å². The average molecular weight is 194 g/mol. The van der Waals surface area contributed by atoms with Crippen LogP contribution in [0.4, 0.5) is 0 Å². The van der Waals surface area contributed by atoms with Gasteiger partial charge in [-0.05, 0) is 31.5 Å². The van der Waals surface area contributed by atoms with Gasteiger partial charge >= 0.3 is 0 Å². The van der Waals surface area contributed by atoms with Gasteiger partial charge < -0.3 is 5.73 Å². The molecule has 2 nitrogen and oxygen atoms in total. The second-order valence-corrected chi connectivity index (χ2v) is 3.04. The zero-order valence-corrected chi connectivity index (χ0v) is 9.54. The summed E-state index contributed by atoms with van der Waals surface area (Å²) in [5, 5.41) is 0. The van der Waals surface area contributed by atoms with Gasteiger partial charge in [-0.25, -0.2) is 0 Å². The summed E-state index contributed by atoms with van der Waals surface area (Å²) in [6, 6.07) is 3.91. The Morgan fingerprint density at radius 3 is 2.57 bits per heavy atom. The second kappa shape index (κ2) is 6.33. The summed E-state index contributed by atoms with van der Waals surface area (Å²) >= 11 is 0. The summed E-state index contributed by atoms with van der Waals surface area (Å²) in [4.78, 5) is 4.16. The number of hydrogen-bond acceptors (Lipinski definition) is 2. The fourth-order valence-electron chi connectivity index (χ4n) is 0.963. The van der Waals surface area contributed by atoms with Crippen LogP contribution in [0.5, 0.6) is 0 Å². The van der Waals surface area contributed by atoms with Gasteiger partial charge in [-0.15, -0.1) is 0 Å². The first kappa shape index (κ1) is 12.8. The summed E-state index contributed by atoms with van der Waals surface area (Å²) < 4.78 is 0. The van der Waals surface area contributed by atoms with E-state index in [-0.39, 0.29) is 7.47 Å². The lowest BCUT2D eigenvalue weighted by Crippen LogP contribution is -2.07. The third-order valence-electron chi connectivity index (χ3n) is 1.74. The monoisotopic (exact) mass is 194 g/mol. The van der Waals surface area contributed by atoms with Crippen LogP contribution in [0.1, 0.15) is 46.4 Å². The second-order valence-electron chi connectivity index (χ2n) is 3.04. The van der Waals surface area contributed by atoms with Crippen molar-refractivity contribution >= 4 is 5.57 Å². The predicted octanol–water partition coefficient (Wildman–Crippen LogP) is 3.41. The predicted molar refractivity (Wildman–Crippen MR) is 65.0 cm³/mol. The molecule has 0 bridgehead atoms. The molecular weight excluding hydrogens is 172 g/mol. The van der Waals surface area contributed by atoms with E-state index in [9.17, 15) is 0 Å². The molecule has 14 heavy (non-hydrogen) atoms. The van der Waals surface area contributed by atoms with E-state index < -0.39 is 0 Å². The zero-order chi connectivity index (χ0) is 11.1. The van der Waals surface area contributed by atoms with E-state index in [4.69, 9.17) is 5.73 Å². The van der Waals surface area contributed by atoms with Crippen molar-refractivity contribution < 1.29 is 1.43 Å². The number of allylic oxidation sites excluding steroid dienone is 1. The van der Waals surface area contributed by atoms with Gasteiger partial charge in [-0.1, -0.05) is 26.0 Å². The van der Waals surface area contributed by atoms with Crippen LogP contribution in [0.2, 0.25) is 0 Å². The van der Waals surface area contributed by atoms with Crippen molar-refractivity contribution in [1.29, 1.82) is 0 Å². The van der Waals surface area contributed by atoms with E-state index >= 15 is 0 Å². The summed E-state index contributed by atoms with van der Waals surface area (Å²) in [5.41, 5.74) is 8.75. The molecule has 1 atom stereocenters. The third-order valence-corrected chi connectivity index (χ3v) is 1.74. The highest BCUT2D eigenvalue weighted by Crippen LogP contribution is 2.14. The van der Waals surface area contributed by atoms with Crippen LogP contribution in [0.15, 0.2) is 24.9 Å². The van der Waals surface area contributed by atoms with Crippen LogP contribution >= 0.6 is 0 Å². The Labute approximate surface area is 88.3 Å². The number of nitrogens with zero attached hydrogens (tertiary/aromatic N) is 1. The molecule has 1 rings (SSSR count). The Bertz CT molecular complexity index is 295. The number of nitrogens with two attached hydrogens (primary N) is 1. The SMILES string of the molecule is C=C(C)c1ccnc(C(C)N)c1.CC.[HH]. The van der Waals surface area contributed by atoms with Gasteiger partial charge in [0.25, 0.3) is 0 Å². The maximum atomic E-state index is 5.69. The van der Waals surface area contributed by atoms with Crippen molar-refractivity contribution in [1.82, 2.24) is 4.98 Å². The standard InChI is InChI=1S/C10H14N2.C2H6.H2/c1-7(2)9-4-5-12-10(6-9)8(3)11;1-2;/h4-6,8H,1,11H2,2-3H3;1-2H3;1H. The number of aromatic nitrogens is 1. The molecule has 0 fully saturated rings. The van der Waals surface area contributed by atoms with Crippen LogP contribution in [0.25, 0.3) is 5.57 Å². The first-order chi connectivity index (χ1) is 6.61. The summed E-state index contributed by atoms with van der Waals surface area (Å²) in [7, 11) is 0. The maximum absolute atomic E-state index is 5.69. The highest BCUT2D eigenvalue weighted by atomic mass is 14.7. The largest absolute Gasteiger partial charge is 0.323 e. The highest BCUT2D eigenvalue weighted by molar-refractivity contribution is 5.61. The Hall–Kier alpha value is -1.15. The molecule has 80 valence electrons. The molecule has 0 saturated heterocycles. The minimum atomic E-state index is -0.00991. The summed E-state index contributed by atoms with van der Waals surface area (Å²) in [6.07, 6.45) is 1.77. The first-order valence-corrected chi connectivity index (χ1v) is 4.98. The van der Waals surface area contributed by atoms with Crippen LogP contribution in [-0.4, -0.2) is 4.98 Å². The molecule has 1 aromatic rings. The molecule has 0 amide bonds. The molecule has 0 spiro atoms. The molecule has 0 radical (unpaired) electrons. The summed E-state index contributed by atoms with van der Waals surface area (Å²) in [5.74, 6) is 0. The fourth-order valence-corrected chi connectivity index (χ4v) is 0.963. The van der Waals surface area contributed by atoms with Crippen molar-refractivity contribution in [3.63, 3.8) is 0 Å². The molecule has 0 aliphatic carbocycles. The van der Waals surface area contributed by atoms with E-state index in [0.717, 1.165) is 16.8 Å². The van der Waals surface area contributed by atoms with E-state index in [1.54, 1.807) is 6.20 Å². The van der Waals surface area contributed by atoms with E-state index in [0.29, 0.717) is 0 Å². The Kier molecular flexibility index (Phi) is 5.81. The van der Waals surface area contributed by atoms with Gasteiger partial charge in [0, 0.05) is 13.7 Å². The Balaban J connectivity index is 0. The molecule has 0 aromatic carbocycles. The van der Waals surface area contributed by atoms with E-state index in [1.807, 2.05) is 39.8 Å². The summed E-state index contributed by atoms with van der Waals surface area (Å²) in [6.45, 7) is 11.8. The fraction of sp³-hybridized carbons (Fsp3) is 0.417. The van der Waals surface area contributed by atoms with Crippen LogP contribution in [-0.2, 0) is 0 Å². The van der Waals surface area contributed by atoms with Gasteiger partial charge in [0.1, 0.15) is 0 Å². The molecule has 0 aliphatic heterocycles. The molecule has 0 aliphatic rings. The lowest BCUT2D eigenvalue weighted by Gasteiger charge is -2.06. The molecule has 0 saturated carbocycles. The minimum absolute atomic E-state index is 0.